The van der Waals surface area contributed by atoms with Crippen molar-refractivity contribution < 1.29 is 9.13 Å². The van der Waals surface area contributed by atoms with Crippen molar-refractivity contribution >= 4 is 43.1 Å². The molecule has 28 heavy (non-hydrogen) atoms. The number of thiophene rings is 1. The highest BCUT2D eigenvalue weighted by atomic mass is 32.1. The summed E-state index contributed by atoms with van der Waals surface area (Å²) in [6.07, 6.45) is 4.22. The van der Waals surface area contributed by atoms with Crippen molar-refractivity contribution in [2.45, 2.75) is 32.2 Å². The average Bonchev–Trinajstić information content (AvgIpc) is 3.41. The summed E-state index contributed by atoms with van der Waals surface area (Å²) in [5.74, 6) is 0.421. The van der Waals surface area contributed by atoms with Gasteiger partial charge in [0.25, 0.3) is 0 Å². The van der Waals surface area contributed by atoms with E-state index < -0.39 is 5.82 Å². The van der Waals surface area contributed by atoms with Crippen molar-refractivity contribution in [3.63, 3.8) is 0 Å². The molecule has 5 rings (SSSR count). The van der Waals surface area contributed by atoms with Crippen LogP contribution in [0.3, 0.4) is 0 Å². The molecule has 0 aliphatic carbocycles. The molecule has 3 aromatic heterocycles. The Bertz CT molecular complexity index is 1120. The zero-order valence-corrected chi connectivity index (χ0v) is 17.4. The number of hydrogen-bond acceptors (Lipinski definition) is 6. The van der Waals surface area contributed by atoms with Gasteiger partial charge < -0.3 is 10.1 Å². The number of aryl methyl sites for hydroxylation is 1. The average molecular weight is 417 g/mol. The summed E-state index contributed by atoms with van der Waals surface area (Å²) in [5.41, 5.74) is 1.04. The normalized spacial score (nSPS) is 15.7. The van der Waals surface area contributed by atoms with Crippen LogP contribution >= 0.6 is 22.7 Å². The van der Waals surface area contributed by atoms with Crippen LogP contribution in [0.4, 0.5) is 4.39 Å². The molecule has 4 aromatic rings. The fourth-order valence-electron chi connectivity index (χ4n) is 3.86. The lowest BCUT2D eigenvalue weighted by molar-refractivity contribution is 0.390. The smallest absolute Gasteiger partial charge is 0.193 e. The number of nitrogens with one attached hydrogen (secondary N) is 1. The molecule has 0 radical (unpaired) electrons. The van der Waals surface area contributed by atoms with Gasteiger partial charge in [-0.3, -0.25) is 4.68 Å². The molecule has 0 bridgehead atoms. The molecule has 146 valence electrons. The third-order valence-corrected chi connectivity index (χ3v) is 7.71. The van der Waals surface area contributed by atoms with Crippen LogP contribution in [0.2, 0.25) is 0 Å². The van der Waals surface area contributed by atoms with E-state index >= 15 is 4.39 Å². The second-order valence-electron chi connectivity index (χ2n) is 7.06. The fourth-order valence-corrected chi connectivity index (χ4v) is 6.26. The molecule has 0 spiro atoms. The number of aromatic nitrogens is 3. The van der Waals surface area contributed by atoms with Gasteiger partial charge in [0.15, 0.2) is 11.6 Å². The van der Waals surface area contributed by atoms with E-state index in [1.807, 2.05) is 19.2 Å². The van der Waals surface area contributed by atoms with Gasteiger partial charge in [0.05, 0.1) is 17.4 Å². The highest BCUT2D eigenvalue weighted by Gasteiger charge is 2.23. The third kappa shape index (κ3) is 2.91. The molecule has 8 heteroatoms. The molecule has 0 amide bonds. The molecule has 1 aliphatic heterocycles. The molecule has 0 unspecified atom stereocenters. The number of rotatable bonds is 4. The van der Waals surface area contributed by atoms with Crippen molar-refractivity contribution in [2.24, 2.45) is 0 Å². The van der Waals surface area contributed by atoms with Gasteiger partial charge in [-0.1, -0.05) is 0 Å². The zero-order valence-electron chi connectivity index (χ0n) is 15.8. The molecule has 1 N–H and O–H groups in total. The van der Waals surface area contributed by atoms with Gasteiger partial charge in [-0.25, -0.2) is 9.37 Å². The number of halogens is 1. The summed E-state index contributed by atoms with van der Waals surface area (Å²) in [6.45, 7) is 4.84. The SMILES string of the molecule is CCn1cc2cc(-c3nc4sc(C5CCNCC5)cc4s3)c(OC)c(F)c2n1. The van der Waals surface area contributed by atoms with Gasteiger partial charge in [-0.15, -0.1) is 22.7 Å². The Hall–Kier alpha value is -2.03. The van der Waals surface area contributed by atoms with Gasteiger partial charge in [0.2, 0.25) is 0 Å². The highest BCUT2D eigenvalue weighted by Crippen LogP contribution is 2.43. The minimum absolute atomic E-state index is 0.217. The van der Waals surface area contributed by atoms with E-state index in [9.17, 15) is 0 Å². The molecule has 1 aliphatic rings. The van der Waals surface area contributed by atoms with Gasteiger partial charge in [0, 0.05) is 23.0 Å². The van der Waals surface area contributed by atoms with Gasteiger partial charge in [-0.2, -0.15) is 5.10 Å². The van der Waals surface area contributed by atoms with E-state index in [1.54, 1.807) is 27.4 Å². The molecule has 1 saturated heterocycles. The number of fused-ring (bicyclic) bond motifs is 2. The van der Waals surface area contributed by atoms with Crippen LogP contribution in [-0.2, 0) is 6.54 Å². The first kappa shape index (κ1) is 18.0. The Morgan fingerprint density at radius 2 is 2.11 bits per heavy atom. The molecule has 0 atom stereocenters. The van der Waals surface area contributed by atoms with E-state index in [1.165, 1.54) is 29.5 Å². The topological polar surface area (TPSA) is 52.0 Å². The fraction of sp³-hybridized carbons (Fsp3) is 0.400. The Labute approximate surface area is 170 Å². The van der Waals surface area contributed by atoms with Crippen molar-refractivity contribution in [1.82, 2.24) is 20.1 Å². The predicted octanol–water partition coefficient (Wildman–Crippen LogP) is 5.01. The summed E-state index contributed by atoms with van der Waals surface area (Å²) < 4.78 is 23.3. The Kier molecular flexibility index (Phi) is 4.57. The molecular weight excluding hydrogens is 395 g/mol. The Morgan fingerprint density at radius 3 is 2.82 bits per heavy atom. The van der Waals surface area contributed by atoms with Crippen LogP contribution in [-0.4, -0.2) is 35.0 Å². The van der Waals surface area contributed by atoms with Crippen LogP contribution in [0, 0.1) is 5.82 Å². The lowest BCUT2D eigenvalue weighted by atomic mass is 9.97. The van der Waals surface area contributed by atoms with Gasteiger partial charge >= 0.3 is 0 Å². The van der Waals surface area contributed by atoms with E-state index in [4.69, 9.17) is 9.72 Å². The number of benzene rings is 1. The largest absolute Gasteiger partial charge is 0.493 e. The summed E-state index contributed by atoms with van der Waals surface area (Å²) in [5, 5.41) is 9.29. The van der Waals surface area contributed by atoms with E-state index in [0.29, 0.717) is 23.5 Å². The van der Waals surface area contributed by atoms with Crippen LogP contribution in [0.15, 0.2) is 18.3 Å². The first-order chi connectivity index (χ1) is 13.7. The zero-order chi connectivity index (χ0) is 19.3. The van der Waals surface area contributed by atoms with E-state index in [0.717, 1.165) is 28.3 Å². The standard InChI is InChI=1S/C20H21FN4OS2/c1-3-25-10-12-8-13(18(26-2)16(21)17(12)24-25)19-23-20-15(28-19)9-14(27-20)11-4-6-22-7-5-11/h8-11,22H,3-7H2,1-2H3. The predicted molar refractivity (Wildman–Crippen MR) is 113 cm³/mol. The Morgan fingerprint density at radius 1 is 1.29 bits per heavy atom. The maximum Gasteiger partial charge on any atom is 0.193 e. The van der Waals surface area contributed by atoms with Gasteiger partial charge in [0.1, 0.15) is 15.4 Å². The molecule has 0 saturated carbocycles. The Balaban J connectivity index is 1.58. The van der Waals surface area contributed by atoms with Crippen LogP contribution in [0.25, 0.3) is 31.0 Å². The molecular formula is C20H21FN4OS2. The lowest BCUT2D eigenvalue weighted by Gasteiger charge is -2.21. The highest BCUT2D eigenvalue weighted by molar-refractivity contribution is 7.28. The van der Waals surface area contributed by atoms with Crippen molar-refractivity contribution in [3.8, 4) is 16.3 Å². The minimum Gasteiger partial charge on any atom is -0.493 e. The summed E-state index contributed by atoms with van der Waals surface area (Å²) in [4.78, 5) is 7.27. The summed E-state index contributed by atoms with van der Waals surface area (Å²) in [6, 6.07) is 4.21. The molecule has 1 fully saturated rings. The number of nitrogens with zero attached hydrogens (tertiary/aromatic N) is 3. The number of methoxy groups -OCH3 is 1. The van der Waals surface area contributed by atoms with Crippen molar-refractivity contribution in [2.75, 3.05) is 20.2 Å². The number of hydrogen-bond donors (Lipinski definition) is 1. The van der Waals surface area contributed by atoms with Crippen molar-refractivity contribution in [1.29, 1.82) is 0 Å². The second-order valence-corrected chi connectivity index (χ2v) is 9.15. The number of piperidine rings is 1. The van der Waals surface area contributed by atoms with Crippen LogP contribution in [0.5, 0.6) is 5.75 Å². The van der Waals surface area contributed by atoms with Crippen molar-refractivity contribution in [3.05, 3.63) is 29.0 Å². The minimum atomic E-state index is -0.420. The summed E-state index contributed by atoms with van der Waals surface area (Å²) in [7, 11) is 1.50. The number of thiazole rings is 1. The maximum atomic E-state index is 15.0. The quantitative estimate of drug-likeness (QED) is 0.508. The monoisotopic (exact) mass is 416 g/mol. The van der Waals surface area contributed by atoms with E-state index in [-0.39, 0.29) is 5.75 Å². The molecule has 1 aromatic carbocycles. The summed E-state index contributed by atoms with van der Waals surface area (Å²) >= 11 is 3.37. The molecule has 5 nitrogen and oxygen atoms in total. The van der Waals surface area contributed by atoms with Crippen LogP contribution in [0.1, 0.15) is 30.6 Å². The maximum absolute atomic E-state index is 15.0. The first-order valence-corrected chi connectivity index (χ1v) is 11.2. The van der Waals surface area contributed by atoms with Gasteiger partial charge in [-0.05, 0) is 50.9 Å². The second kappa shape index (κ2) is 7.09. The number of ether oxygens (including phenoxy) is 1. The third-order valence-electron chi connectivity index (χ3n) is 5.35. The van der Waals surface area contributed by atoms with Crippen LogP contribution < -0.4 is 10.1 Å². The molecule has 4 heterocycles. The lowest BCUT2D eigenvalue weighted by Crippen LogP contribution is -2.26. The first-order valence-electron chi connectivity index (χ1n) is 9.53. The van der Waals surface area contributed by atoms with E-state index in [2.05, 4.69) is 16.5 Å².